The molecule has 0 saturated carbocycles. The SMILES string of the molecule is CC[C@H](C)c1nnc2ccc(O[C@@H]3CC[C@H](NC(=O)Nc4cc(C(C)(C)C)nc(C(=O)NCCN(C)CC)n4)c4ccccc43)cn12. The van der Waals surface area contributed by atoms with E-state index in [1.807, 2.05) is 68.7 Å². The number of rotatable bonds is 11. The Labute approximate surface area is 276 Å². The monoisotopic (exact) mass is 641 g/mol. The summed E-state index contributed by atoms with van der Waals surface area (Å²) in [7, 11) is 1.99. The van der Waals surface area contributed by atoms with Gasteiger partial charge in [0.15, 0.2) is 5.65 Å². The zero-order chi connectivity index (χ0) is 33.7. The summed E-state index contributed by atoms with van der Waals surface area (Å²) >= 11 is 0. The Balaban J connectivity index is 1.29. The highest BCUT2D eigenvalue weighted by Crippen LogP contribution is 2.39. The van der Waals surface area contributed by atoms with Gasteiger partial charge in [0.2, 0.25) is 5.82 Å². The molecule has 3 atom stereocenters. The first kappa shape index (κ1) is 33.8. The molecule has 12 heteroatoms. The first-order chi connectivity index (χ1) is 22.5. The number of amides is 3. The highest BCUT2D eigenvalue weighted by molar-refractivity contribution is 5.92. The molecule has 3 amide bonds. The van der Waals surface area contributed by atoms with Gasteiger partial charge in [-0.1, -0.05) is 65.8 Å². The Morgan fingerprint density at radius 3 is 2.55 bits per heavy atom. The fourth-order valence-corrected chi connectivity index (χ4v) is 5.57. The van der Waals surface area contributed by atoms with Crippen LogP contribution in [0.2, 0.25) is 0 Å². The van der Waals surface area contributed by atoms with E-state index in [1.54, 1.807) is 6.07 Å². The quantitative estimate of drug-likeness (QED) is 0.187. The van der Waals surface area contributed by atoms with Crippen molar-refractivity contribution in [3.8, 4) is 5.75 Å². The number of carbonyl (C=O) groups is 2. The standard InChI is InChI=1S/C35H47N9O3/c1-8-22(3)32-42-41-30-17-14-23(21-44(30)32)47-27-16-15-26(24-12-10-11-13-25(24)27)37-34(46)40-29-20-28(35(4,5)6)38-31(39-29)33(45)36-18-19-43(7)9-2/h10-14,17,20-22,26-27H,8-9,15-16,18-19H2,1-7H3,(H,36,45)(H2,37,38,39,40,46)/t22-,26-,27+/m0/s1. The lowest BCUT2D eigenvalue weighted by Crippen LogP contribution is -2.36. The molecule has 3 heterocycles. The van der Waals surface area contributed by atoms with Crippen LogP contribution in [0.5, 0.6) is 5.75 Å². The molecule has 1 aliphatic rings. The van der Waals surface area contributed by atoms with Crippen LogP contribution in [-0.2, 0) is 5.41 Å². The summed E-state index contributed by atoms with van der Waals surface area (Å²) in [4.78, 5) is 37.3. The van der Waals surface area contributed by atoms with Crippen molar-refractivity contribution in [2.75, 3.05) is 32.0 Å². The molecule has 0 radical (unpaired) electrons. The second-order valence-electron chi connectivity index (χ2n) is 13.3. The molecule has 3 N–H and O–H groups in total. The Bertz CT molecular complexity index is 1710. The van der Waals surface area contributed by atoms with Gasteiger partial charge in [-0.15, -0.1) is 10.2 Å². The molecule has 0 bridgehead atoms. The van der Waals surface area contributed by atoms with Crippen LogP contribution in [0.1, 0.15) is 112 Å². The van der Waals surface area contributed by atoms with Gasteiger partial charge in [0.25, 0.3) is 5.91 Å². The molecular weight excluding hydrogens is 594 g/mol. The van der Waals surface area contributed by atoms with Crippen molar-refractivity contribution in [2.24, 2.45) is 0 Å². The van der Waals surface area contributed by atoms with Gasteiger partial charge >= 0.3 is 6.03 Å². The summed E-state index contributed by atoms with van der Waals surface area (Å²) in [6.07, 6.45) is 4.14. The summed E-state index contributed by atoms with van der Waals surface area (Å²) in [6.45, 7) is 14.4. The average Bonchev–Trinajstić information content (AvgIpc) is 3.48. The zero-order valence-electron chi connectivity index (χ0n) is 28.5. The highest BCUT2D eigenvalue weighted by Gasteiger charge is 2.30. The maximum atomic E-state index is 13.4. The van der Waals surface area contributed by atoms with Gasteiger partial charge in [-0.25, -0.2) is 14.8 Å². The number of nitrogens with one attached hydrogen (secondary N) is 3. The van der Waals surface area contributed by atoms with Crippen molar-refractivity contribution in [1.82, 2.24) is 40.1 Å². The molecule has 12 nitrogen and oxygen atoms in total. The number of anilines is 1. The lowest BCUT2D eigenvalue weighted by atomic mass is 9.85. The molecule has 3 aromatic heterocycles. The van der Waals surface area contributed by atoms with E-state index in [0.29, 0.717) is 31.6 Å². The van der Waals surface area contributed by atoms with Gasteiger partial charge in [-0.2, -0.15) is 0 Å². The fraction of sp³-hybridized carbons (Fsp3) is 0.486. The highest BCUT2D eigenvalue weighted by atomic mass is 16.5. The van der Waals surface area contributed by atoms with Gasteiger partial charge in [0.05, 0.1) is 17.9 Å². The number of aromatic nitrogens is 5. The maximum Gasteiger partial charge on any atom is 0.320 e. The van der Waals surface area contributed by atoms with E-state index < -0.39 is 6.03 Å². The summed E-state index contributed by atoms with van der Waals surface area (Å²) in [5.41, 5.74) is 3.11. The molecule has 0 unspecified atom stereocenters. The number of hydrogen-bond donors (Lipinski definition) is 3. The topological polar surface area (TPSA) is 139 Å². The molecule has 4 aromatic rings. The van der Waals surface area contributed by atoms with Crippen LogP contribution in [0.15, 0.2) is 48.7 Å². The predicted molar refractivity (Wildman–Crippen MR) is 182 cm³/mol. The first-order valence-corrected chi connectivity index (χ1v) is 16.5. The van der Waals surface area contributed by atoms with Crippen LogP contribution in [0.3, 0.4) is 0 Å². The Morgan fingerprint density at radius 1 is 1.06 bits per heavy atom. The molecule has 0 spiro atoms. The van der Waals surface area contributed by atoms with Crippen molar-refractivity contribution < 1.29 is 14.3 Å². The predicted octanol–water partition coefficient (Wildman–Crippen LogP) is 5.79. The molecular formula is C35H47N9O3. The number of nitrogens with zero attached hydrogens (tertiary/aromatic N) is 6. The second-order valence-corrected chi connectivity index (χ2v) is 13.3. The lowest BCUT2D eigenvalue weighted by molar-refractivity contribution is 0.0939. The van der Waals surface area contributed by atoms with Crippen LogP contribution in [0.4, 0.5) is 10.6 Å². The molecule has 250 valence electrons. The number of likely N-dealkylation sites (N-methyl/N-ethyl adjacent to an activating group) is 1. The van der Waals surface area contributed by atoms with Gasteiger partial charge in [0.1, 0.15) is 23.5 Å². The van der Waals surface area contributed by atoms with E-state index in [1.165, 1.54) is 0 Å². The third kappa shape index (κ3) is 8.05. The van der Waals surface area contributed by atoms with Crippen LogP contribution < -0.4 is 20.7 Å². The third-order valence-electron chi connectivity index (χ3n) is 8.73. The number of benzene rings is 1. The minimum atomic E-state index is -0.408. The summed E-state index contributed by atoms with van der Waals surface area (Å²) in [6, 6.07) is 13.0. The number of pyridine rings is 1. The summed E-state index contributed by atoms with van der Waals surface area (Å²) in [5.74, 6) is 1.84. The average molecular weight is 642 g/mol. The van der Waals surface area contributed by atoms with Crippen LogP contribution in [0, 0.1) is 0 Å². The molecule has 1 aromatic carbocycles. The van der Waals surface area contributed by atoms with Crippen molar-refractivity contribution in [2.45, 2.75) is 84.3 Å². The van der Waals surface area contributed by atoms with Gasteiger partial charge in [-0.3, -0.25) is 14.5 Å². The smallest absolute Gasteiger partial charge is 0.320 e. The number of urea groups is 1. The molecule has 0 aliphatic heterocycles. The van der Waals surface area contributed by atoms with E-state index in [0.717, 1.165) is 41.3 Å². The van der Waals surface area contributed by atoms with Crippen molar-refractivity contribution in [3.05, 3.63) is 77.1 Å². The number of carbonyl (C=O) groups excluding carboxylic acids is 2. The first-order valence-electron chi connectivity index (χ1n) is 16.5. The minimum absolute atomic E-state index is 0.0239. The van der Waals surface area contributed by atoms with Gasteiger partial charge in [-0.05, 0) is 56.1 Å². The number of ether oxygens (including phenoxy) is 1. The molecule has 0 saturated heterocycles. The third-order valence-corrected chi connectivity index (χ3v) is 8.73. The Hall–Kier alpha value is -4.58. The van der Waals surface area contributed by atoms with Crippen LogP contribution in [-0.4, -0.2) is 68.1 Å². The zero-order valence-corrected chi connectivity index (χ0v) is 28.5. The molecule has 5 rings (SSSR count). The normalized spacial score (nSPS) is 16.9. The molecule has 47 heavy (non-hydrogen) atoms. The van der Waals surface area contributed by atoms with E-state index >= 15 is 0 Å². The largest absolute Gasteiger partial charge is 0.484 e. The van der Waals surface area contributed by atoms with Gasteiger partial charge < -0.3 is 20.3 Å². The fourth-order valence-electron chi connectivity index (χ4n) is 5.57. The van der Waals surface area contributed by atoms with Gasteiger partial charge in [0, 0.05) is 30.5 Å². The Morgan fingerprint density at radius 2 is 1.83 bits per heavy atom. The van der Waals surface area contributed by atoms with Crippen LogP contribution >= 0.6 is 0 Å². The molecule has 0 fully saturated rings. The van der Waals surface area contributed by atoms with Crippen molar-refractivity contribution >= 4 is 23.4 Å². The van der Waals surface area contributed by atoms with E-state index in [4.69, 9.17) is 4.74 Å². The lowest BCUT2D eigenvalue weighted by Gasteiger charge is -2.32. The number of fused-ring (bicyclic) bond motifs is 2. The maximum absolute atomic E-state index is 13.4. The molecule has 1 aliphatic carbocycles. The van der Waals surface area contributed by atoms with E-state index in [9.17, 15) is 9.59 Å². The Kier molecular flexibility index (Phi) is 10.4. The van der Waals surface area contributed by atoms with Crippen molar-refractivity contribution in [1.29, 1.82) is 0 Å². The minimum Gasteiger partial charge on any atom is -0.484 e. The summed E-state index contributed by atoms with van der Waals surface area (Å²) < 4.78 is 8.55. The second kappa shape index (κ2) is 14.5. The number of hydrogen-bond acceptors (Lipinski definition) is 8. The van der Waals surface area contributed by atoms with E-state index in [2.05, 4.69) is 67.9 Å². The summed E-state index contributed by atoms with van der Waals surface area (Å²) in [5, 5.41) is 17.6. The van der Waals surface area contributed by atoms with Crippen molar-refractivity contribution in [3.63, 3.8) is 0 Å². The van der Waals surface area contributed by atoms with Crippen LogP contribution in [0.25, 0.3) is 5.65 Å². The van der Waals surface area contributed by atoms with E-state index in [-0.39, 0.29) is 41.0 Å².